The van der Waals surface area contributed by atoms with Gasteiger partial charge in [0, 0.05) is 30.2 Å². The van der Waals surface area contributed by atoms with Gasteiger partial charge in [-0.3, -0.25) is 9.19 Å². The molecule has 140 valence electrons. The van der Waals surface area contributed by atoms with E-state index >= 15 is 0 Å². The molecule has 0 saturated carbocycles. The molecular formula is C19H18FN4NaO2S. The van der Waals surface area contributed by atoms with Crippen molar-refractivity contribution in [1.82, 2.24) is 19.5 Å². The van der Waals surface area contributed by atoms with Crippen LogP contribution in [0.1, 0.15) is 12.7 Å². The van der Waals surface area contributed by atoms with Gasteiger partial charge in [-0.25, -0.2) is 9.37 Å². The molecule has 0 aliphatic heterocycles. The van der Waals surface area contributed by atoms with E-state index in [1.165, 1.54) is 6.07 Å². The summed E-state index contributed by atoms with van der Waals surface area (Å²) in [4.78, 5) is 11.6. The van der Waals surface area contributed by atoms with Gasteiger partial charge in [0.15, 0.2) is 5.16 Å². The molecule has 4 rings (SSSR count). The molecule has 3 aromatic heterocycles. The van der Waals surface area contributed by atoms with E-state index in [-0.39, 0.29) is 47.7 Å². The standard InChI is InChI=1S/C19H17FN4O2S.Na.H/c1-12-16(21-6-5-18(12)26-2)11-27(25)19-22-14-9-13(20)17(10-15(14)23-19)24-7-3-4-8-24;;/h3-10H,11H2,1-2H3,(H,22,23);;/q;+1;-1. The van der Waals surface area contributed by atoms with Crippen LogP contribution in [0.5, 0.6) is 5.75 Å². The Hall–Kier alpha value is -2.00. The van der Waals surface area contributed by atoms with Crippen molar-refractivity contribution in [3.05, 3.63) is 66.0 Å². The molecule has 1 atom stereocenters. The first-order valence-electron chi connectivity index (χ1n) is 8.26. The quantitative estimate of drug-likeness (QED) is 0.492. The fraction of sp³-hybridized carbons (Fsp3) is 0.158. The zero-order chi connectivity index (χ0) is 19.0. The molecule has 1 aromatic carbocycles. The summed E-state index contributed by atoms with van der Waals surface area (Å²) < 4.78 is 34.1. The second kappa shape index (κ2) is 8.57. The number of hydrogen-bond acceptors (Lipinski definition) is 4. The number of aromatic nitrogens is 4. The largest absolute Gasteiger partial charge is 1.00 e. The molecule has 1 unspecified atom stereocenters. The van der Waals surface area contributed by atoms with Crippen LogP contribution in [0.4, 0.5) is 4.39 Å². The summed E-state index contributed by atoms with van der Waals surface area (Å²) >= 11 is 0. The normalized spacial score (nSPS) is 12.0. The fourth-order valence-corrected chi connectivity index (χ4v) is 4.02. The average molecular weight is 408 g/mol. The third kappa shape index (κ3) is 3.91. The molecule has 1 N–H and O–H groups in total. The Labute approximate surface area is 187 Å². The van der Waals surface area contributed by atoms with Crippen molar-refractivity contribution in [2.75, 3.05) is 7.11 Å². The van der Waals surface area contributed by atoms with E-state index in [1.807, 2.05) is 19.1 Å². The Bertz CT molecular complexity index is 1150. The Morgan fingerprint density at radius 2 is 2.07 bits per heavy atom. The number of pyridine rings is 1. The molecule has 0 aliphatic rings. The van der Waals surface area contributed by atoms with Gasteiger partial charge in [-0.2, -0.15) is 0 Å². The van der Waals surface area contributed by atoms with Crippen LogP contribution < -0.4 is 34.3 Å². The predicted octanol–water partition coefficient (Wildman–Crippen LogP) is 0.629. The van der Waals surface area contributed by atoms with E-state index in [4.69, 9.17) is 4.74 Å². The number of ether oxygens (including phenoxy) is 1. The average Bonchev–Trinajstić information content (AvgIpc) is 3.32. The fourth-order valence-electron chi connectivity index (χ4n) is 2.91. The van der Waals surface area contributed by atoms with Crippen LogP contribution in [-0.2, 0) is 16.6 Å². The summed E-state index contributed by atoms with van der Waals surface area (Å²) in [6, 6.07) is 8.40. The maximum Gasteiger partial charge on any atom is 1.00 e. The maximum atomic E-state index is 14.4. The zero-order valence-electron chi connectivity index (χ0n) is 16.8. The van der Waals surface area contributed by atoms with Crippen molar-refractivity contribution in [2.24, 2.45) is 0 Å². The van der Waals surface area contributed by atoms with Crippen LogP contribution in [0.25, 0.3) is 16.7 Å². The number of hydrogen-bond donors (Lipinski definition) is 1. The molecule has 0 amide bonds. The summed E-state index contributed by atoms with van der Waals surface area (Å²) in [5, 5.41) is 0.290. The molecule has 9 heteroatoms. The second-order valence-corrected chi connectivity index (χ2v) is 7.39. The van der Waals surface area contributed by atoms with Gasteiger partial charge in [-0.15, -0.1) is 0 Å². The van der Waals surface area contributed by atoms with Crippen LogP contribution >= 0.6 is 0 Å². The Balaban J connectivity index is 0.00000150. The van der Waals surface area contributed by atoms with Gasteiger partial charge < -0.3 is 15.7 Å². The summed E-state index contributed by atoms with van der Waals surface area (Å²) in [7, 11) is 0.131. The molecular weight excluding hydrogens is 390 g/mol. The van der Waals surface area contributed by atoms with Crippen LogP contribution in [0, 0.1) is 12.7 Å². The van der Waals surface area contributed by atoms with Gasteiger partial charge in [0.2, 0.25) is 0 Å². The van der Waals surface area contributed by atoms with Gasteiger partial charge in [0.25, 0.3) is 0 Å². The van der Waals surface area contributed by atoms with Crippen molar-refractivity contribution >= 4 is 21.8 Å². The van der Waals surface area contributed by atoms with Crippen LogP contribution in [0.3, 0.4) is 0 Å². The number of nitrogens with zero attached hydrogens (tertiary/aromatic N) is 3. The third-order valence-electron chi connectivity index (χ3n) is 4.37. The predicted molar refractivity (Wildman–Crippen MR) is 102 cm³/mol. The minimum Gasteiger partial charge on any atom is -1.00 e. The Kier molecular flexibility index (Phi) is 6.34. The van der Waals surface area contributed by atoms with Crippen LogP contribution in [0.2, 0.25) is 0 Å². The molecule has 4 aromatic rings. The minimum atomic E-state index is -1.45. The van der Waals surface area contributed by atoms with Crippen molar-refractivity contribution in [2.45, 2.75) is 17.8 Å². The number of benzene rings is 1. The van der Waals surface area contributed by atoms with E-state index in [0.29, 0.717) is 28.2 Å². The molecule has 28 heavy (non-hydrogen) atoms. The number of imidazole rings is 1. The van der Waals surface area contributed by atoms with Crippen molar-refractivity contribution in [3.63, 3.8) is 0 Å². The van der Waals surface area contributed by atoms with Crippen LogP contribution in [-0.4, -0.2) is 30.8 Å². The van der Waals surface area contributed by atoms with E-state index in [9.17, 15) is 8.60 Å². The van der Waals surface area contributed by atoms with Gasteiger partial charge in [-0.1, -0.05) is 0 Å². The van der Waals surface area contributed by atoms with Gasteiger partial charge in [-0.05, 0) is 31.2 Å². The smallest absolute Gasteiger partial charge is 1.00 e. The number of aromatic amines is 1. The topological polar surface area (TPSA) is 72.8 Å². The SMILES string of the molecule is COc1ccnc(CS(=O)c2nc3cc(-n4cccc4)c(F)cc3[nH]2)c1C.[H-].[Na+]. The monoisotopic (exact) mass is 408 g/mol. The van der Waals surface area contributed by atoms with Crippen LogP contribution in [0.15, 0.2) is 54.1 Å². The molecule has 0 aliphatic carbocycles. The van der Waals surface area contributed by atoms with Crippen molar-refractivity contribution in [3.8, 4) is 11.4 Å². The summed E-state index contributed by atoms with van der Waals surface area (Å²) in [6.07, 6.45) is 5.14. The van der Waals surface area contributed by atoms with Crippen molar-refractivity contribution < 1.29 is 44.3 Å². The number of nitrogens with one attached hydrogen (secondary N) is 1. The van der Waals surface area contributed by atoms with Crippen molar-refractivity contribution in [1.29, 1.82) is 0 Å². The summed E-state index contributed by atoms with van der Waals surface area (Å²) in [5.41, 5.74) is 2.96. The first-order chi connectivity index (χ1) is 13.1. The number of halogens is 1. The molecule has 6 nitrogen and oxygen atoms in total. The maximum absolute atomic E-state index is 14.4. The molecule has 0 radical (unpaired) electrons. The van der Waals surface area contributed by atoms with E-state index in [2.05, 4.69) is 15.0 Å². The van der Waals surface area contributed by atoms with Gasteiger partial charge in [0.05, 0.1) is 46.1 Å². The number of fused-ring (bicyclic) bond motifs is 1. The molecule has 3 heterocycles. The first kappa shape index (κ1) is 20.7. The molecule has 0 fully saturated rings. The van der Waals surface area contributed by atoms with E-state index in [0.717, 1.165) is 5.56 Å². The zero-order valence-corrected chi connectivity index (χ0v) is 18.6. The second-order valence-electron chi connectivity index (χ2n) is 6.03. The molecule has 0 bridgehead atoms. The molecule has 0 spiro atoms. The minimum absolute atomic E-state index is 0. The summed E-state index contributed by atoms with van der Waals surface area (Å²) in [5.74, 6) is 0.500. The Morgan fingerprint density at radius 3 is 2.79 bits per heavy atom. The van der Waals surface area contributed by atoms with E-state index < -0.39 is 10.8 Å². The Morgan fingerprint density at radius 1 is 1.32 bits per heavy atom. The summed E-state index contributed by atoms with van der Waals surface area (Å²) in [6.45, 7) is 1.87. The number of methoxy groups -OCH3 is 1. The number of H-pyrrole nitrogens is 1. The third-order valence-corrected chi connectivity index (χ3v) is 5.53. The van der Waals surface area contributed by atoms with Gasteiger partial charge >= 0.3 is 29.6 Å². The molecule has 0 saturated heterocycles. The number of rotatable bonds is 5. The van der Waals surface area contributed by atoms with E-state index in [1.54, 1.807) is 42.4 Å². The van der Waals surface area contributed by atoms with Gasteiger partial charge in [0.1, 0.15) is 11.6 Å². The first-order valence-corrected chi connectivity index (χ1v) is 9.58.